The molecule has 0 aromatic rings. The molecule has 0 unspecified atom stereocenters. The summed E-state index contributed by atoms with van der Waals surface area (Å²) in [6, 6.07) is 0. The fourth-order valence-electron chi connectivity index (χ4n) is 1.39. The van der Waals surface area contributed by atoms with Crippen molar-refractivity contribution in [3.8, 4) is 0 Å². The molecule has 0 spiro atoms. The molecule has 0 N–H and O–H groups in total. The maximum Gasteiger partial charge on any atom is 1.00 e. The molecule has 62 valence electrons. The van der Waals surface area contributed by atoms with E-state index in [1.807, 2.05) is 6.92 Å². The largest absolute Gasteiger partial charge is 1.00 e. The smallest absolute Gasteiger partial charge is 0.849 e. The van der Waals surface area contributed by atoms with E-state index in [2.05, 4.69) is 13.8 Å². The first-order valence-electron chi connectivity index (χ1n) is 4.39. The van der Waals surface area contributed by atoms with Crippen LogP contribution in [0.3, 0.4) is 0 Å². The van der Waals surface area contributed by atoms with Crippen molar-refractivity contribution in [3.05, 3.63) is 0 Å². The quantitative estimate of drug-likeness (QED) is 0.466. The molecular formula is C9H19LiO. The Hall–Kier alpha value is 0.557. The molecule has 2 heteroatoms. The summed E-state index contributed by atoms with van der Waals surface area (Å²) in [7, 11) is 0. The summed E-state index contributed by atoms with van der Waals surface area (Å²) in [6.07, 6.45) is 4.53. The van der Waals surface area contributed by atoms with E-state index < -0.39 is 5.60 Å². The van der Waals surface area contributed by atoms with Crippen LogP contribution in [0.2, 0.25) is 0 Å². The molecule has 0 atom stereocenters. The third-order valence-corrected chi connectivity index (χ3v) is 2.06. The van der Waals surface area contributed by atoms with E-state index >= 15 is 0 Å². The van der Waals surface area contributed by atoms with Gasteiger partial charge in [0, 0.05) is 0 Å². The van der Waals surface area contributed by atoms with E-state index in [-0.39, 0.29) is 18.9 Å². The predicted octanol–water partition coefficient (Wildman–Crippen LogP) is -0.900. The molecule has 0 saturated heterocycles. The van der Waals surface area contributed by atoms with Gasteiger partial charge < -0.3 is 5.11 Å². The van der Waals surface area contributed by atoms with Gasteiger partial charge in [0.1, 0.15) is 0 Å². The van der Waals surface area contributed by atoms with Crippen LogP contribution in [0.4, 0.5) is 0 Å². The summed E-state index contributed by atoms with van der Waals surface area (Å²) in [6.45, 7) is 6.16. The Balaban J connectivity index is 0. The minimum atomic E-state index is -0.608. The molecule has 1 nitrogen and oxygen atoms in total. The van der Waals surface area contributed by atoms with Gasteiger partial charge in [-0.05, 0) is 0 Å². The van der Waals surface area contributed by atoms with Crippen LogP contribution in [0.25, 0.3) is 0 Å². The summed E-state index contributed by atoms with van der Waals surface area (Å²) >= 11 is 0. The van der Waals surface area contributed by atoms with Crippen molar-refractivity contribution in [1.82, 2.24) is 0 Å². The first kappa shape index (κ1) is 14.1. The Labute approximate surface area is 82.8 Å². The van der Waals surface area contributed by atoms with E-state index in [0.29, 0.717) is 0 Å². The summed E-state index contributed by atoms with van der Waals surface area (Å²) in [5.41, 5.74) is -0.608. The molecule has 0 aromatic heterocycles. The topological polar surface area (TPSA) is 23.1 Å². The Morgan fingerprint density at radius 2 is 1.36 bits per heavy atom. The molecule has 0 aromatic carbocycles. The average molecular weight is 150 g/mol. The van der Waals surface area contributed by atoms with Crippen LogP contribution in [0.15, 0.2) is 0 Å². The molecule has 0 amide bonds. The minimum absolute atomic E-state index is 0. The fourth-order valence-corrected chi connectivity index (χ4v) is 1.39. The Morgan fingerprint density at radius 3 is 1.55 bits per heavy atom. The van der Waals surface area contributed by atoms with Gasteiger partial charge in [-0.15, -0.1) is 5.60 Å². The SMILES string of the molecule is CCCC([O-])(CC)CCC.[Li+]. The number of hydrogen-bond donors (Lipinski definition) is 0. The molecule has 0 aliphatic rings. The molecule has 0 radical (unpaired) electrons. The van der Waals surface area contributed by atoms with Gasteiger partial charge in [-0.2, -0.15) is 0 Å². The fraction of sp³-hybridized carbons (Fsp3) is 1.00. The van der Waals surface area contributed by atoms with Crippen LogP contribution >= 0.6 is 0 Å². The van der Waals surface area contributed by atoms with Gasteiger partial charge in [-0.3, -0.25) is 0 Å². The van der Waals surface area contributed by atoms with Crippen LogP contribution in [0.1, 0.15) is 52.9 Å². The van der Waals surface area contributed by atoms with Crippen molar-refractivity contribution in [2.24, 2.45) is 0 Å². The van der Waals surface area contributed by atoms with E-state index in [1.54, 1.807) is 0 Å². The van der Waals surface area contributed by atoms with E-state index in [4.69, 9.17) is 0 Å². The van der Waals surface area contributed by atoms with Gasteiger partial charge in [0.15, 0.2) is 0 Å². The van der Waals surface area contributed by atoms with Gasteiger partial charge in [-0.25, -0.2) is 0 Å². The first-order chi connectivity index (χ1) is 4.68. The molecular weight excluding hydrogens is 131 g/mol. The zero-order chi connectivity index (χ0) is 8.04. The summed E-state index contributed by atoms with van der Waals surface area (Å²) in [5.74, 6) is 0. The van der Waals surface area contributed by atoms with Crippen molar-refractivity contribution < 1.29 is 24.0 Å². The van der Waals surface area contributed by atoms with Crippen LogP contribution in [0, 0.1) is 0 Å². The third kappa shape index (κ3) is 5.79. The van der Waals surface area contributed by atoms with Crippen molar-refractivity contribution in [3.63, 3.8) is 0 Å². The Bertz CT molecular complexity index is 77.6. The van der Waals surface area contributed by atoms with E-state index in [1.165, 1.54) is 0 Å². The zero-order valence-electron chi connectivity index (χ0n) is 8.44. The van der Waals surface area contributed by atoms with Gasteiger partial charge >= 0.3 is 18.9 Å². The second kappa shape index (κ2) is 7.22. The third-order valence-electron chi connectivity index (χ3n) is 2.06. The van der Waals surface area contributed by atoms with Crippen LogP contribution in [-0.2, 0) is 0 Å². The maximum absolute atomic E-state index is 11.7. The second-order valence-electron chi connectivity index (χ2n) is 3.04. The first-order valence-corrected chi connectivity index (χ1v) is 4.39. The maximum atomic E-state index is 11.7. The van der Waals surface area contributed by atoms with Gasteiger partial charge in [0.2, 0.25) is 0 Å². The second-order valence-corrected chi connectivity index (χ2v) is 3.04. The van der Waals surface area contributed by atoms with Crippen LogP contribution in [-0.4, -0.2) is 5.60 Å². The minimum Gasteiger partial charge on any atom is -0.849 e. The zero-order valence-corrected chi connectivity index (χ0v) is 8.44. The van der Waals surface area contributed by atoms with E-state index in [9.17, 15) is 5.11 Å². The monoisotopic (exact) mass is 150 g/mol. The van der Waals surface area contributed by atoms with E-state index in [0.717, 1.165) is 32.1 Å². The Kier molecular flexibility index (Phi) is 9.26. The van der Waals surface area contributed by atoms with Gasteiger partial charge in [0.05, 0.1) is 0 Å². The molecule has 0 aliphatic carbocycles. The van der Waals surface area contributed by atoms with Crippen molar-refractivity contribution in [2.75, 3.05) is 0 Å². The molecule has 0 aliphatic heterocycles. The summed E-state index contributed by atoms with van der Waals surface area (Å²) < 4.78 is 0. The molecule has 0 rings (SSSR count). The normalized spacial score (nSPS) is 10.9. The molecule has 11 heavy (non-hydrogen) atoms. The summed E-state index contributed by atoms with van der Waals surface area (Å²) in [4.78, 5) is 0. The number of hydrogen-bond acceptors (Lipinski definition) is 1. The van der Waals surface area contributed by atoms with Crippen molar-refractivity contribution in [1.29, 1.82) is 0 Å². The molecule has 0 bridgehead atoms. The van der Waals surface area contributed by atoms with Crippen LogP contribution in [0.5, 0.6) is 0 Å². The molecule has 0 heterocycles. The van der Waals surface area contributed by atoms with Crippen LogP contribution < -0.4 is 24.0 Å². The molecule has 0 saturated carbocycles. The Morgan fingerprint density at radius 1 is 1.00 bits per heavy atom. The van der Waals surface area contributed by atoms with Crippen molar-refractivity contribution in [2.45, 2.75) is 58.5 Å². The van der Waals surface area contributed by atoms with Gasteiger partial charge in [-0.1, -0.05) is 52.9 Å². The molecule has 0 fully saturated rings. The standard InChI is InChI=1S/C9H19O.Li/c1-4-7-9(10,6-3)8-5-2;/h4-8H2,1-3H3;/q-1;+1. The summed E-state index contributed by atoms with van der Waals surface area (Å²) in [5, 5.41) is 11.7. The average Bonchev–Trinajstić information content (AvgIpc) is 1.89. The van der Waals surface area contributed by atoms with Crippen molar-refractivity contribution >= 4 is 0 Å². The predicted molar refractivity (Wildman–Crippen MR) is 42.8 cm³/mol. The number of rotatable bonds is 5. The van der Waals surface area contributed by atoms with Gasteiger partial charge in [0.25, 0.3) is 0 Å².